The molecule has 0 atom stereocenters. The lowest BCUT2D eigenvalue weighted by Crippen LogP contribution is -2.37. The van der Waals surface area contributed by atoms with Gasteiger partial charge in [0.05, 0.1) is 37.8 Å². The second kappa shape index (κ2) is 7.44. The zero-order valence-electron chi connectivity index (χ0n) is 14.0. The quantitative estimate of drug-likeness (QED) is 0.745. The molecule has 134 valence electrons. The van der Waals surface area contributed by atoms with Gasteiger partial charge in [0, 0.05) is 13.1 Å². The van der Waals surface area contributed by atoms with Crippen molar-refractivity contribution in [1.29, 1.82) is 0 Å². The van der Waals surface area contributed by atoms with Crippen molar-refractivity contribution in [3.63, 3.8) is 0 Å². The van der Waals surface area contributed by atoms with Gasteiger partial charge in [0.25, 0.3) is 0 Å². The standard InChI is InChI=1S/C17H18FN7O/c18-15-11-20-17(24-6-8-26-9-7-24)21-16(15)19-10-13-12-25(23-22-13)14-4-2-1-3-5-14/h1-5,11-12H,6-10H2,(H,19,20,21). The van der Waals surface area contributed by atoms with Crippen LogP contribution in [0.15, 0.2) is 42.7 Å². The maximum absolute atomic E-state index is 14.0. The van der Waals surface area contributed by atoms with Crippen LogP contribution in [0.3, 0.4) is 0 Å². The van der Waals surface area contributed by atoms with E-state index in [4.69, 9.17) is 4.74 Å². The average Bonchev–Trinajstić information content (AvgIpc) is 3.18. The van der Waals surface area contributed by atoms with E-state index in [2.05, 4.69) is 25.6 Å². The van der Waals surface area contributed by atoms with Crippen LogP contribution in [0, 0.1) is 5.82 Å². The highest BCUT2D eigenvalue weighted by Crippen LogP contribution is 2.17. The molecule has 26 heavy (non-hydrogen) atoms. The normalized spacial score (nSPS) is 14.4. The number of rotatable bonds is 5. The van der Waals surface area contributed by atoms with Crippen LogP contribution < -0.4 is 10.2 Å². The van der Waals surface area contributed by atoms with Gasteiger partial charge in [-0.1, -0.05) is 23.4 Å². The third kappa shape index (κ3) is 3.62. The molecule has 1 fully saturated rings. The summed E-state index contributed by atoms with van der Waals surface area (Å²) in [6, 6.07) is 9.67. The minimum absolute atomic E-state index is 0.149. The van der Waals surface area contributed by atoms with E-state index in [1.807, 2.05) is 35.2 Å². The van der Waals surface area contributed by atoms with Gasteiger partial charge in [-0.25, -0.2) is 14.1 Å². The SMILES string of the molecule is Fc1cnc(N2CCOCC2)nc1NCc1cn(-c2ccccc2)nn1. The van der Waals surface area contributed by atoms with Gasteiger partial charge in [-0.15, -0.1) is 5.10 Å². The summed E-state index contributed by atoms with van der Waals surface area (Å²) in [5.74, 6) is 0.137. The van der Waals surface area contributed by atoms with Crippen LogP contribution in [0.25, 0.3) is 5.69 Å². The predicted molar refractivity (Wildman–Crippen MR) is 93.7 cm³/mol. The molecule has 0 amide bonds. The fourth-order valence-electron chi connectivity index (χ4n) is 2.66. The number of hydrogen-bond donors (Lipinski definition) is 1. The zero-order chi connectivity index (χ0) is 17.8. The maximum atomic E-state index is 14.0. The molecule has 0 spiro atoms. The number of nitrogens with zero attached hydrogens (tertiary/aromatic N) is 6. The number of hydrogen-bond acceptors (Lipinski definition) is 7. The molecule has 0 saturated carbocycles. The summed E-state index contributed by atoms with van der Waals surface area (Å²) in [5.41, 5.74) is 1.59. The van der Waals surface area contributed by atoms with Gasteiger partial charge in [0.2, 0.25) is 5.95 Å². The first kappa shape index (κ1) is 16.4. The first-order valence-electron chi connectivity index (χ1n) is 8.35. The van der Waals surface area contributed by atoms with Crippen molar-refractivity contribution < 1.29 is 9.13 Å². The highest BCUT2D eigenvalue weighted by molar-refractivity contribution is 5.43. The molecule has 8 nitrogen and oxygen atoms in total. The molecule has 0 radical (unpaired) electrons. The third-order valence-corrected chi connectivity index (χ3v) is 4.02. The Morgan fingerprint density at radius 2 is 1.96 bits per heavy atom. The molecule has 3 aromatic rings. The number of halogens is 1. The van der Waals surface area contributed by atoms with Gasteiger partial charge in [-0.05, 0) is 12.1 Å². The molecule has 9 heteroatoms. The minimum atomic E-state index is -0.502. The van der Waals surface area contributed by atoms with Gasteiger partial charge in [0.15, 0.2) is 11.6 Å². The second-order valence-corrected chi connectivity index (χ2v) is 5.81. The molecular weight excluding hydrogens is 337 g/mol. The highest BCUT2D eigenvalue weighted by atomic mass is 19.1. The molecule has 1 aliphatic heterocycles. The van der Waals surface area contributed by atoms with E-state index in [-0.39, 0.29) is 5.82 Å². The molecular formula is C17H18FN7O. The van der Waals surface area contributed by atoms with E-state index in [1.165, 1.54) is 6.20 Å². The van der Waals surface area contributed by atoms with Crippen molar-refractivity contribution in [1.82, 2.24) is 25.0 Å². The Morgan fingerprint density at radius 3 is 2.77 bits per heavy atom. The molecule has 1 N–H and O–H groups in total. The first-order chi connectivity index (χ1) is 12.8. The van der Waals surface area contributed by atoms with Gasteiger partial charge in [-0.2, -0.15) is 4.98 Å². The molecule has 1 saturated heterocycles. The monoisotopic (exact) mass is 355 g/mol. The Bertz CT molecular complexity index is 865. The van der Waals surface area contributed by atoms with E-state index < -0.39 is 5.82 Å². The number of aromatic nitrogens is 5. The fraction of sp³-hybridized carbons (Fsp3) is 0.294. The summed E-state index contributed by atoms with van der Waals surface area (Å²) < 4.78 is 21.0. The number of nitrogens with one attached hydrogen (secondary N) is 1. The predicted octanol–water partition coefficient (Wildman–Crippen LogP) is 1.65. The summed E-state index contributed by atoms with van der Waals surface area (Å²) in [5, 5.41) is 11.2. The van der Waals surface area contributed by atoms with E-state index in [0.29, 0.717) is 44.5 Å². The lowest BCUT2D eigenvalue weighted by molar-refractivity contribution is 0.122. The van der Waals surface area contributed by atoms with Crippen molar-refractivity contribution in [2.45, 2.75) is 6.54 Å². The maximum Gasteiger partial charge on any atom is 0.227 e. The van der Waals surface area contributed by atoms with Gasteiger partial charge in [-0.3, -0.25) is 0 Å². The van der Waals surface area contributed by atoms with E-state index in [9.17, 15) is 4.39 Å². The largest absolute Gasteiger partial charge is 0.378 e. The minimum Gasteiger partial charge on any atom is -0.378 e. The molecule has 4 rings (SSSR count). The van der Waals surface area contributed by atoms with E-state index in [1.54, 1.807) is 10.9 Å². The van der Waals surface area contributed by atoms with Gasteiger partial charge in [0.1, 0.15) is 5.69 Å². The van der Waals surface area contributed by atoms with Crippen LogP contribution in [0.1, 0.15) is 5.69 Å². The topological polar surface area (TPSA) is 81.0 Å². The molecule has 1 aliphatic rings. The molecule has 0 unspecified atom stereocenters. The number of para-hydroxylation sites is 1. The van der Waals surface area contributed by atoms with Gasteiger partial charge < -0.3 is 15.0 Å². The van der Waals surface area contributed by atoms with Gasteiger partial charge >= 0.3 is 0 Å². The van der Waals surface area contributed by atoms with Crippen molar-refractivity contribution in [3.8, 4) is 5.69 Å². The Labute approximate surface area is 149 Å². The van der Waals surface area contributed by atoms with Crippen molar-refractivity contribution in [2.75, 3.05) is 36.5 Å². The lowest BCUT2D eigenvalue weighted by atomic mass is 10.3. The number of benzene rings is 1. The van der Waals surface area contributed by atoms with Crippen molar-refractivity contribution in [2.24, 2.45) is 0 Å². The van der Waals surface area contributed by atoms with Crippen LogP contribution >= 0.6 is 0 Å². The van der Waals surface area contributed by atoms with E-state index >= 15 is 0 Å². The fourth-order valence-corrected chi connectivity index (χ4v) is 2.66. The smallest absolute Gasteiger partial charge is 0.227 e. The average molecular weight is 355 g/mol. The number of morpholine rings is 1. The number of anilines is 2. The zero-order valence-corrected chi connectivity index (χ0v) is 14.0. The summed E-state index contributed by atoms with van der Waals surface area (Å²) in [7, 11) is 0. The summed E-state index contributed by atoms with van der Waals surface area (Å²) >= 11 is 0. The summed E-state index contributed by atoms with van der Waals surface area (Å²) in [4.78, 5) is 10.3. The van der Waals surface area contributed by atoms with Crippen LogP contribution in [0.2, 0.25) is 0 Å². The van der Waals surface area contributed by atoms with Crippen molar-refractivity contribution in [3.05, 3.63) is 54.2 Å². The third-order valence-electron chi connectivity index (χ3n) is 4.02. The van der Waals surface area contributed by atoms with Crippen molar-refractivity contribution >= 4 is 11.8 Å². The van der Waals surface area contributed by atoms with Crippen LogP contribution in [0.4, 0.5) is 16.2 Å². The molecule has 2 aromatic heterocycles. The molecule has 3 heterocycles. The van der Waals surface area contributed by atoms with E-state index in [0.717, 1.165) is 5.69 Å². The summed E-state index contributed by atoms with van der Waals surface area (Å²) in [6.07, 6.45) is 2.98. The Morgan fingerprint density at radius 1 is 1.15 bits per heavy atom. The first-order valence-corrected chi connectivity index (χ1v) is 8.35. The van der Waals surface area contributed by atoms with Crippen LogP contribution in [-0.2, 0) is 11.3 Å². The second-order valence-electron chi connectivity index (χ2n) is 5.81. The molecule has 0 aliphatic carbocycles. The Hall–Kier alpha value is -3.07. The Balaban J connectivity index is 1.45. The summed E-state index contributed by atoms with van der Waals surface area (Å²) in [6.45, 7) is 2.93. The number of ether oxygens (including phenoxy) is 1. The lowest BCUT2D eigenvalue weighted by Gasteiger charge is -2.26. The molecule has 1 aromatic carbocycles. The van der Waals surface area contributed by atoms with Crippen LogP contribution in [0.5, 0.6) is 0 Å². The highest BCUT2D eigenvalue weighted by Gasteiger charge is 2.16. The Kier molecular flexibility index (Phi) is 4.69. The van der Waals surface area contributed by atoms with Crippen LogP contribution in [-0.4, -0.2) is 51.3 Å². The molecule has 0 bridgehead atoms.